The SMILES string of the molecule is CC(C)(C)c1ccc(C(=O)Nc2ccc(Oc3ccc(NC(=O)c4cc(Cl)cnc4Cl)c(C(=O)O)c3)cc2)cc1. The van der Waals surface area contributed by atoms with E-state index < -0.39 is 11.9 Å². The summed E-state index contributed by atoms with van der Waals surface area (Å²) in [6, 6.07) is 19.6. The van der Waals surface area contributed by atoms with Crippen molar-refractivity contribution in [2.24, 2.45) is 0 Å². The molecule has 0 unspecified atom stereocenters. The number of hydrogen-bond donors (Lipinski definition) is 3. The number of carboxylic acids is 1. The van der Waals surface area contributed by atoms with Crippen molar-refractivity contribution in [2.45, 2.75) is 26.2 Å². The van der Waals surface area contributed by atoms with Crippen molar-refractivity contribution >= 4 is 52.4 Å². The normalized spacial score (nSPS) is 11.0. The molecular weight excluding hydrogens is 553 g/mol. The third-order valence-corrected chi connectivity index (χ3v) is 6.39. The van der Waals surface area contributed by atoms with Gasteiger partial charge in [0.05, 0.1) is 21.8 Å². The van der Waals surface area contributed by atoms with Crippen molar-refractivity contribution in [3.8, 4) is 11.5 Å². The van der Waals surface area contributed by atoms with Gasteiger partial charge in [0.2, 0.25) is 0 Å². The van der Waals surface area contributed by atoms with Crippen LogP contribution in [-0.2, 0) is 5.41 Å². The number of nitrogens with zero attached hydrogens (tertiary/aromatic N) is 1. The van der Waals surface area contributed by atoms with Gasteiger partial charge in [-0.05, 0) is 71.6 Å². The summed E-state index contributed by atoms with van der Waals surface area (Å²) < 4.78 is 5.80. The summed E-state index contributed by atoms with van der Waals surface area (Å²) in [6.45, 7) is 6.33. The number of carbonyl (C=O) groups is 3. The lowest BCUT2D eigenvalue weighted by Crippen LogP contribution is -2.15. The predicted octanol–water partition coefficient (Wildman–Crippen LogP) is 7.68. The number of nitrogens with one attached hydrogen (secondary N) is 2. The second kappa shape index (κ2) is 11.8. The standard InChI is InChI=1S/C30H25Cl2N3O5/c1-30(2,3)18-6-4-17(5-7-18)27(36)34-20-8-10-21(11-9-20)40-22-12-13-25(23(15-22)29(38)39)35-28(37)24-14-19(31)16-33-26(24)32/h4-16H,1-3H3,(H,34,36)(H,35,37)(H,38,39). The van der Waals surface area contributed by atoms with Crippen LogP contribution in [0.15, 0.2) is 79.0 Å². The van der Waals surface area contributed by atoms with Gasteiger partial charge < -0.3 is 20.5 Å². The Kier molecular flexibility index (Phi) is 8.42. The summed E-state index contributed by atoms with van der Waals surface area (Å²) in [4.78, 5) is 41.0. The molecule has 10 heteroatoms. The molecule has 2 amide bonds. The Bertz CT molecular complexity index is 1580. The maximum absolute atomic E-state index is 12.6. The average molecular weight is 578 g/mol. The lowest BCUT2D eigenvalue weighted by atomic mass is 9.87. The minimum atomic E-state index is -1.27. The largest absolute Gasteiger partial charge is 0.478 e. The maximum Gasteiger partial charge on any atom is 0.337 e. The first-order valence-corrected chi connectivity index (χ1v) is 12.9. The minimum absolute atomic E-state index is 0.0000604. The van der Waals surface area contributed by atoms with Crippen LogP contribution in [0.3, 0.4) is 0 Å². The number of carboxylic acid groups (broad SMARTS) is 1. The van der Waals surface area contributed by atoms with Crippen LogP contribution in [0.1, 0.15) is 57.4 Å². The van der Waals surface area contributed by atoms with Crippen molar-refractivity contribution in [3.05, 3.63) is 111 Å². The molecule has 40 heavy (non-hydrogen) atoms. The van der Waals surface area contributed by atoms with E-state index >= 15 is 0 Å². The number of halogens is 2. The molecule has 0 aliphatic rings. The molecule has 0 aliphatic heterocycles. The number of anilines is 2. The van der Waals surface area contributed by atoms with Crippen LogP contribution >= 0.6 is 23.2 Å². The first-order valence-electron chi connectivity index (χ1n) is 12.1. The molecule has 0 radical (unpaired) electrons. The third-order valence-electron chi connectivity index (χ3n) is 5.88. The van der Waals surface area contributed by atoms with Gasteiger partial charge in [0.15, 0.2) is 0 Å². The van der Waals surface area contributed by atoms with E-state index in [4.69, 9.17) is 27.9 Å². The number of aromatic carboxylic acids is 1. The quantitative estimate of drug-likeness (QED) is 0.194. The van der Waals surface area contributed by atoms with Crippen LogP contribution in [0.2, 0.25) is 10.2 Å². The lowest BCUT2D eigenvalue weighted by molar-refractivity contribution is 0.0697. The van der Waals surface area contributed by atoms with Crippen molar-refractivity contribution in [1.29, 1.82) is 0 Å². The van der Waals surface area contributed by atoms with Gasteiger partial charge in [-0.2, -0.15) is 0 Å². The highest BCUT2D eigenvalue weighted by atomic mass is 35.5. The number of rotatable bonds is 7. The predicted molar refractivity (Wildman–Crippen MR) is 155 cm³/mol. The summed E-state index contributed by atoms with van der Waals surface area (Å²) >= 11 is 11.9. The van der Waals surface area contributed by atoms with Crippen LogP contribution in [-0.4, -0.2) is 27.9 Å². The Balaban J connectivity index is 1.44. The molecule has 0 fully saturated rings. The van der Waals surface area contributed by atoms with Crippen molar-refractivity contribution in [3.63, 3.8) is 0 Å². The number of hydrogen-bond acceptors (Lipinski definition) is 5. The molecule has 0 spiro atoms. The highest BCUT2D eigenvalue weighted by Gasteiger charge is 2.18. The summed E-state index contributed by atoms with van der Waals surface area (Å²) in [5, 5.41) is 15.2. The van der Waals surface area contributed by atoms with E-state index in [0.717, 1.165) is 5.56 Å². The second-order valence-electron chi connectivity index (χ2n) is 9.87. The zero-order valence-electron chi connectivity index (χ0n) is 21.8. The zero-order chi connectivity index (χ0) is 29.0. The molecule has 8 nitrogen and oxygen atoms in total. The molecule has 0 bridgehead atoms. The Morgan fingerprint density at radius 3 is 2.08 bits per heavy atom. The molecule has 4 rings (SSSR count). The van der Waals surface area contributed by atoms with Crippen LogP contribution in [0, 0.1) is 0 Å². The molecule has 1 heterocycles. The summed E-state index contributed by atoms with van der Waals surface area (Å²) in [7, 11) is 0. The van der Waals surface area contributed by atoms with Crippen LogP contribution in [0.4, 0.5) is 11.4 Å². The second-order valence-corrected chi connectivity index (χ2v) is 10.7. The molecule has 0 saturated carbocycles. The third kappa shape index (κ3) is 6.97. The number of pyridine rings is 1. The van der Waals surface area contributed by atoms with Gasteiger partial charge in [0, 0.05) is 17.4 Å². The molecule has 3 aromatic carbocycles. The van der Waals surface area contributed by atoms with Gasteiger partial charge in [0.25, 0.3) is 11.8 Å². The van der Waals surface area contributed by atoms with Gasteiger partial charge in [0.1, 0.15) is 16.7 Å². The Morgan fingerprint density at radius 2 is 1.45 bits per heavy atom. The van der Waals surface area contributed by atoms with Crippen molar-refractivity contribution in [2.75, 3.05) is 10.6 Å². The van der Waals surface area contributed by atoms with E-state index in [1.165, 1.54) is 30.5 Å². The number of aromatic nitrogens is 1. The van der Waals surface area contributed by atoms with E-state index in [1.807, 2.05) is 12.1 Å². The highest BCUT2D eigenvalue weighted by molar-refractivity contribution is 6.35. The van der Waals surface area contributed by atoms with E-state index in [9.17, 15) is 19.5 Å². The number of ether oxygens (including phenoxy) is 1. The fourth-order valence-electron chi connectivity index (χ4n) is 3.71. The van der Waals surface area contributed by atoms with Crippen LogP contribution < -0.4 is 15.4 Å². The van der Waals surface area contributed by atoms with Gasteiger partial charge in [-0.15, -0.1) is 0 Å². The van der Waals surface area contributed by atoms with E-state index in [2.05, 4.69) is 36.4 Å². The molecular formula is C30H25Cl2N3O5. The monoisotopic (exact) mass is 577 g/mol. The van der Waals surface area contributed by atoms with Gasteiger partial charge in [-0.25, -0.2) is 9.78 Å². The van der Waals surface area contributed by atoms with Gasteiger partial charge >= 0.3 is 5.97 Å². The molecule has 4 aromatic rings. The van der Waals surface area contributed by atoms with Gasteiger partial charge in [-0.1, -0.05) is 56.1 Å². The smallest absolute Gasteiger partial charge is 0.337 e. The molecule has 204 valence electrons. The lowest BCUT2D eigenvalue weighted by Gasteiger charge is -2.19. The van der Waals surface area contributed by atoms with Crippen LogP contribution in [0.25, 0.3) is 0 Å². The van der Waals surface area contributed by atoms with Crippen LogP contribution in [0.5, 0.6) is 11.5 Å². The fourth-order valence-corrected chi connectivity index (χ4v) is 4.06. The van der Waals surface area contributed by atoms with E-state index in [1.54, 1.807) is 36.4 Å². The van der Waals surface area contributed by atoms with Crippen molar-refractivity contribution in [1.82, 2.24) is 4.98 Å². The minimum Gasteiger partial charge on any atom is -0.478 e. The van der Waals surface area contributed by atoms with Gasteiger partial charge in [-0.3, -0.25) is 9.59 Å². The summed E-state index contributed by atoms with van der Waals surface area (Å²) in [6.07, 6.45) is 1.29. The molecule has 0 saturated heterocycles. The topological polar surface area (TPSA) is 118 Å². The zero-order valence-corrected chi connectivity index (χ0v) is 23.3. The summed E-state index contributed by atoms with van der Waals surface area (Å²) in [5.41, 5.74) is 2.07. The molecule has 0 atom stereocenters. The number of benzene rings is 3. The number of carbonyl (C=O) groups excluding carboxylic acids is 2. The van der Waals surface area contributed by atoms with E-state index in [0.29, 0.717) is 17.0 Å². The molecule has 0 aliphatic carbocycles. The Morgan fingerprint density at radius 1 is 0.800 bits per heavy atom. The maximum atomic E-state index is 12.6. The Hall–Kier alpha value is -4.40. The highest BCUT2D eigenvalue weighted by Crippen LogP contribution is 2.29. The molecule has 3 N–H and O–H groups in total. The molecule has 1 aromatic heterocycles. The first-order chi connectivity index (χ1) is 18.9. The fraction of sp³-hybridized carbons (Fsp3) is 0.133. The summed E-state index contributed by atoms with van der Waals surface area (Å²) in [5.74, 6) is -1.54. The Labute approximate surface area is 240 Å². The van der Waals surface area contributed by atoms with Crippen molar-refractivity contribution < 1.29 is 24.2 Å². The number of amides is 2. The average Bonchev–Trinajstić information content (AvgIpc) is 2.91. The van der Waals surface area contributed by atoms with E-state index in [-0.39, 0.29) is 44.1 Å². The first kappa shape index (κ1) is 28.6.